The fourth-order valence-corrected chi connectivity index (χ4v) is 2.03. The van der Waals surface area contributed by atoms with Crippen LogP contribution in [0, 0.1) is 0 Å². The third-order valence-electron chi connectivity index (χ3n) is 2.76. The van der Waals surface area contributed by atoms with E-state index in [1.165, 1.54) is 39.3 Å². The molecular weight excluding hydrogens is 138 g/mol. The van der Waals surface area contributed by atoms with E-state index < -0.39 is 0 Å². The van der Waals surface area contributed by atoms with E-state index in [0.717, 1.165) is 6.04 Å². The van der Waals surface area contributed by atoms with Gasteiger partial charge in [-0.15, -0.1) is 0 Å². The summed E-state index contributed by atoms with van der Waals surface area (Å²) in [5, 5.41) is 3.44. The van der Waals surface area contributed by atoms with E-state index >= 15 is 0 Å². The minimum atomic E-state index is 0.780. The highest BCUT2D eigenvalue weighted by Crippen LogP contribution is 2.09. The van der Waals surface area contributed by atoms with E-state index in [1.54, 1.807) is 0 Å². The van der Waals surface area contributed by atoms with E-state index in [-0.39, 0.29) is 0 Å². The minimum Gasteiger partial charge on any atom is -0.314 e. The first-order chi connectivity index (χ1) is 5.36. The molecule has 2 fully saturated rings. The lowest BCUT2D eigenvalue weighted by molar-refractivity contribution is 0.0716. The lowest BCUT2D eigenvalue weighted by Crippen LogP contribution is -2.60. The number of hydrogen-bond acceptors (Lipinski definition) is 3. The summed E-state index contributed by atoms with van der Waals surface area (Å²) >= 11 is 0. The van der Waals surface area contributed by atoms with Gasteiger partial charge >= 0.3 is 0 Å². The number of piperazine rings is 2. The van der Waals surface area contributed by atoms with E-state index in [0.29, 0.717) is 0 Å². The van der Waals surface area contributed by atoms with Gasteiger partial charge in [0.05, 0.1) is 0 Å². The molecule has 0 amide bonds. The standard InChI is InChI=1S/C8H17N3/c1-10-4-5-11-3-2-9-6-8(11)7-10/h8-9H,2-7H2,1H3/t8-/m1/s1. The fraction of sp³-hybridized carbons (Fsp3) is 1.00. The van der Waals surface area contributed by atoms with Gasteiger partial charge in [0.2, 0.25) is 0 Å². The average molecular weight is 155 g/mol. The number of rotatable bonds is 0. The van der Waals surface area contributed by atoms with Crippen LogP contribution in [0.1, 0.15) is 0 Å². The van der Waals surface area contributed by atoms with Gasteiger partial charge in [-0.1, -0.05) is 0 Å². The summed E-state index contributed by atoms with van der Waals surface area (Å²) < 4.78 is 0. The van der Waals surface area contributed by atoms with Crippen molar-refractivity contribution < 1.29 is 0 Å². The van der Waals surface area contributed by atoms with Crippen LogP contribution in [0.4, 0.5) is 0 Å². The van der Waals surface area contributed by atoms with Crippen molar-refractivity contribution >= 4 is 0 Å². The lowest BCUT2D eigenvalue weighted by Gasteiger charge is -2.43. The zero-order valence-corrected chi connectivity index (χ0v) is 7.21. The molecule has 2 heterocycles. The second kappa shape index (κ2) is 3.09. The number of hydrogen-bond donors (Lipinski definition) is 1. The summed E-state index contributed by atoms with van der Waals surface area (Å²) in [4.78, 5) is 5.03. The molecule has 0 spiro atoms. The van der Waals surface area contributed by atoms with Crippen molar-refractivity contribution in [2.24, 2.45) is 0 Å². The van der Waals surface area contributed by atoms with Crippen molar-refractivity contribution in [1.29, 1.82) is 0 Å². The van der Waals surface area contributed by atoms with Crippen molar-refractivity contribution in [1.82, 2.24) is 15.1 Å². The van der Waals surface area contributed by atoms with Gasteiger partial charge < -0.3 is 10.2 Å². The van der Waals surface area contributed by atoms with Gasteiger partial charge in [-0.05, 0) is 7.05 Å². The molecule has 1 atom stereocenters. The monoisotopic (exact) mass is 155 g/mol. The fourth-order valence-electron chi connectivity index (χ4n) is 2.03. The van der Waals surface area contributed by atoms with Crippen LogP contribution in [0.25, 0.3) is 0 Å². The number of fused-ring (bicyclic) bond motifs is 1. The van der Waals surface area contributed by atoms with Crippen LogP contribution >= 0.6 is 0 Å². The maximum absolute atomic E-state index is 3.44. The van der Waals surface area contributed by atoms with Crippen LogP contribution in [-0.4, -0.2) is 62.2 Å². The van der Waals surface area contributed by atoms with Gasteiger partial charge in [-0.25, -0.2) is 0 Å². The van der Waals surface area contributed by atoms with E-state index in [4.69, 9.17) is 0 Å². The number of nitrogens with one attached hydrogen (secondary N) is 1. The molecule has 0 aliphatic carbocycles. The molecule has 3 heteroatoms. The van der Waals surface area contributed by atoms with Crippen LogP contribution < -0.4 is 5.32 Å². The Kier molecular flexibility index (Phi) is 2.11. The van der Waals surface area contributed by atoms with Crippen molar-refractivity contribution in [2.75, 3.05) is 46.3 Å². The molecule has 0 radical (unpaired) electrons. The molecule has 3 nitrogen and oxygen atoms in total. The molecule has 0 bridgehead atoms. The molecule has 0 saturated carbocycles. The Bertz CT molecular complexity index is 137. The lowest BCUT2D eigenvalue weighted by atomic mass is 10.1. The SMILES string of the molecule is CN1CCN2CCNC[C@@H]2C1. The Morgan fingerprint density at radius 1 is 1.27 bits per heavy atom. The third kappa shape index (κ3) is 1.55. The second-order valence-corrected chi connectivity index (χ2v) is 3.66. The Labute approximate surface area is 68.4 Å². The highest BCUT2D eigenvalue weighted by atomic mass is 15.3. The Balaban J connectivity index is 1.93. The van der Waals surface area contributed by atoms with Crippen LogP contribution in [0.5, 0.6) is 0 Å². The predicted octanol–water partition coefficient (Wildman–Crippen LogP) is -0.794. The van der Waals surface area contributed by atoms with Crippen LogP contribution in [0.2, 0.25) is 0 Å². The summed E-state index contributed by atoms with van der Waals surface area (Å²) in [7, 11) is 2.21. The Morgan fingerprint density at radius 2 is 2.18 bits per heavy atom. The molecule has 0 aromatic heterocycles. The predicted molar refractivity (Wildman–Crippen MR) is 45.7 cm³/mol. The molecule has 0 aromatic carbocycles. The summed E-state index contributed by atoms with van der Waals surface area (Å²) in [6.45, 7) is 7.37. The highest BCUT2D eigenvalue weighted by Gasteiger charge is 2.26. The van der Waals surface area contributed by atoms with Gasteiger partial charge in [-0.2, -0.15) is 0 Å². The van der Waals surface area contributed by atoms with Crippen LogP contribution in [-0.2, 0) is 0 Å². The summed E-state index contributed by atoms with van der Waals surface area (Å²) in [6, 6.07) is 0.780. The summed E-state index contributed by atoms with van der Waals surface area (Å²) in [5.74, 6) is 0. The van der Waals surface area contributed by atoms with Crippen LogP contribution in [0.15, 0.2) is 0 Å². The maximum Gasteiger partial charge on any atom is 0.0348 e. The van der Waals surface area contributed by atoms with Gasteiger partial charge in [0.15, 0.2) is 0 Å². The molecular formula is C8H17N3. The van der Waals surface area contributed by atoms with Gasteiger partial charge in [0, 0.05) is 45.3 Å². The van der Waals surface area contributed by atoms with Crippen molar-refractivity contribution in [3.8, 4) is 0 Å². The largest absolute Gasteiger partial charge is 0.314 e. The molecule has 1 N–H and O–H groups in total. The number of likely N-dealkylation sites (N-methyl/N-ethyl adjacent to an activating group) is 1. The van der Waals surface area contributed by atoms with Crippen molar-refractivity contribution in [3.63, 3.8) is 0 Å². The maximum atomic E-state index is 3.44. The smallest absolute Gasteiger partial charge is 0.0348 e. The first kappa shape index (κ1) is 7.53. The molecule has 2 rings (SSSR count). The molecule has 2 saturated heterocycles. The second-order valence-electron chi connectivity index (χ2n) is 3.66. The van der Waals surface area contributed by atoms with E-state index in [9.17, 15) is 0 Å². The molecule has 2 aliphatic rings. The summed E-state index contributed by atoms with van der Waals surface area (Å²) in [6.07, 6.45) is 0. The molecule has 2 aliphatic heterocycles. The Morgan fingerprint density at radius 3 is 3.09 bits per heavy atom. The summed E-state index contributed by atoms with van der Waals surface area (Å²) in [5.41, 5.74) is 0. The quantitative estimate of drug-likeness (QED) is 0.494. The highest BCUT2D eigenvalue weighted by molar-refractivity contribution is 4.85. The zero-order chi connectivity index (χ0) is 7.68. The van der Waals surface area contributed by atoms with Crippen LogP contribution in [0.3, 0.4) is 0 Å². The molecule has 0 unspecified atom stereocenters. The molecule has 64 valence electrons. The van der Waals surface area contributed by atoms with Gasteiger partial charge in [0.25, 0.3) is 0 Å². The zero-order valence-electron chi connectivity index (χ0n) is 7.21. The molecule has 11 heavy (non-hydrogen) atoms. The van der Waals surface area contributed by atoms with E-state index in [1.807, 2.05) is 0 Å². The average Bonchev–Trinajstić information content (AvgIpc) is 2.04. The first-order valence-corrected chi connectivity index (χ1v) is 4.49. The van der Waals surface area contributed by atoms with Crippen molar-refractivity contribution in [3.05, 3.63) is 0 Å². The van der Waals surface area contributed by atoms with Gasteiger partial charge in [-0.3, -0.25) is 4.90 Å². The van der Waals surface area contributed by atoms with Gasteiger partial charge in [0.1, 0.15) is 0 Å². The topological polar surface area (TPSA) is 18.5 Å². The third-order valence-corrected chi connectivity index (χ3v) is 2.76. The van der Waals surface area contributed by atoms with Crippen molar-refractivity contribution in [2.45, 2.75) is 6.04 Å². The molecule has 0 aromatic rings. The number of nitrogens with zero attached hydrogens (tertiary/aromatic N) is 2. The van der Waals surface area contributed by atoms with E-state index in [2.05, 4.69) is 22.2 Å². The Hall–Kier alpha value is -0.120. The first-order valence-electron chi connectivity index (χ1n) is 4.49. The normalized spacial score (nSPS) is 35.2. The minimum absolute atomic E-state index is 0.780.